The normalized spacial score (nSPS) is 13.6. The molecule has 0 aliphatic carbocycles. The van der Waals surface area contributed by atoms with Crippen molar-refractivity contribution in [2.45, 2.75) is 12.4 Å². The number of ether oxygens (including phenoxy) is 1. The first-order valence-corrected chi connectivity index (χ1v) is 7.99. The molecule has 0 fully saturated rings. The lowest BCUT2D eigenvalue weighted by Crippen LogP contribution is -2.10. The topological polar surface area (TPSA) is 24.8 Å². The maximum absolute atomic E-state index is 5.79. The van der Waals surface area contributed by atoms with Crippen molar-refractivity contribution in [3.05, 3.63) is 65.7 Å². The number of nitrogens with zero attached hydrogens (tertiary/aromatic N) is 2. The molecule has 0 spiro atoms. The number of rotatable bonds is 6. The lowest BCUT2D eigenvalue weighted by molar-refractivity contribution is 0.306. The third-order valence-electron chi connectivity index (χ3n) is 3.23. The molecule has 0 aromatic heterocycles. The monoisotopic (exact) mass is 298 g/mol. The van der Waals surface area contributed by atoms with Crippen LogP contribution in [0, 0.1) is 0 Å². The van der Waals surface area contributed by atoms with Gasteiger partial charge in [-0.2, -0.15) is 0 Å². The minimum Gasteiger partial charge on any atom is -0.489 e. The first kappa shape index (κ1) is 14.0. The van der Waals surface area contributed by atoms with Crippen LogP contribution < -0.4 is 4.74 Å². The zero-order valence-electron chi connectivity index (χ0n) is 11.8. The largest absolute Gasteiger partial charge is 0.489 e. The van der Waals surface area contributed by atoms with Crippen LogP contribution in [-0.4, -0.2) is 23.7 Å². The number of benzene rings is 2. The third kappa shape index (κ3) is 4.26. The second-order valence-corrected chi connectivity index (χ2v) is 5.87. The predicted molar refractivity (Wildman–Crippen MR) is 88.6 cm³/mol. The molecule has 0 saturated carbocycles. The maximum atomic E-state index is 5.79. The van der Waals surface area contributed by atoms with Gasteiger partial charge in [-0.25, -0.2) is 0 Å². The second-order valence-electron chi connectivity index (χ2n) is 4.85. The highest BCUT2D eigenvalue weighted by Gasteiger charge is 2.06. The van der Waals surface area contributed by atoms with E-state index in [1.165, 1.54) is 11.1 Å². The summed E-state index contributed by atoms with van der Waals surface area (Å²) in [4.78, 5) is 4.20. The van der Waals surface area contributed by atoms with Gasteiger partial charge >= 0.3 is 0 Å². The SMILES string of the molecule is C1=NCCN1SCc1ccc(OCc2ccccc2)cc1. The second kappa shape index (κ2) is 7.18. The molecule has 0 N–H and O–H groups in total. The van der Waals surface area contributed by atoms with Crippen LogP contribution >= 0.6 is 11.9 Å². The van der Waals surface area contributed by atoms with Gasteiger partial charge in [-0.15, -0.1) is 0 Å². The number of hydrogen-bond donors (Lipinski definition) is 0. The highest BCUT2D eigenvalue weighted by atomic mass is 32.2. The van der Waals surface area contributed by atoms with E-state index in [0.717, 1.165) is 24.6 Å². The van der Waals surface area contributed by atoms with Crippen molar-refractivity contribution in [3.8, 4) is 5.75 Å². The van der Waals surface area contributed by atoms with Gasteiger partial charge in [0, 0.05) is 5.75 Å². The molecule has 0 amide bonds. The molecule has 0 bridgehead atoms. The minimum atomic E-state index is 0.610. The first-order chi connectivity index (χ1) is 10.4. The van der Waals surface area contributed by atoms with Crippen molar-refractivity contribution in [1.82, 2.24) is 4.31 Å². The van der Waals surface area contributed by atoms with E-state index in [-0.39, 0.29) is 0 Å². The molecule has 0 radical (unpaired) electrons. The van der Waals surface area contributed by atoms with E-state index >= 15 is 0 Å². The predicted octanol–water partition coefficient (Wildman–Crippen LogP) is 3.76. The van der Waals surface area contributed by atoms with E-state index in [1.807, 2.05) is 36.7 Å². The Kier molecular flexibility index (Phi) is 4.79. The van der Waals surface area contributed by atoms with Crippen molar-refractivity contribution in [2.24, 2.45) is 4.99 Å². The van der Waals surface area contributed by atoms with Crippen molar-refractivity contribution in [3.63, 3.8) is 0 Å². The number of hydrogen-bond acceptors (Lipinski definition) is 4. The molecular weight excluding hydrogens is 280 g/mol. The van der Waals surface area contributed by atoms with Crippen LogP contribution in [0.2, 0.25) is 0 Å². The summed E-state index contributed by atoms with van der Waals surface area (Å²) in [6, 6.07) is 18.5. The van der Waals surface area contributed by atoms with Crippen LogP contribution in [0.5, 0.6) is 5.75 Å². The Labute approximate surface area is 129 Å². The van der Waals surface area contributed by atoms with E-state index in [2.05, 4.69) is 33.6 Å². The van der Waals surface area contributed by atoms with Gasteiger partial charge in [-0.3, -0.25) is 4.99 Å². The highest BCUT2D eigenvalue weighted by Crippen LogP contribution is 2.20. The Bertz CT molecular complexity index is 583. The van der Waals surface area contributed by atoms with Crippen molar-refractivity contribution < 1.29 is 4.74 Å². The van der Waals surface area contributed by atoms with E-state index in [4.69, 9.17) is 4.74 Å². The summed E-state index contributed by atoms with van der Waals surface area (Å²) < 4.78 is 7.97. The average molecular weight is 298 g/mol. The molecule has 21 heavy (non-hydrogen) atoms. The Balaban J connectivity index is 1.48. The highest BCUT2D eigenvalue weighted by molar-refractivity contribution is 7.96. The zero-order chi connectivity index (χ0) is 14.3. The Hall–Kier alpha value is -1.94. The lowest BCUT2D eigenvalue weighted by Gasteiger charge is -2.12. The van der Waals surface area contributed by atoms with E-state index in [0.29, 0.717) is 6.61 Å². The van der Waals surface area contributed by atoms with Crippen LogP contribution in [-0.2, 0) is 12.4 Å². The van der Waals surface area contributed by atoms with E-state index in [9.17, 15) is 0 Å². The molecule has 2 aromatic rings. The lowest BCUT2D eigenvalue weighted by atomic mass is 10.2. The molecule has 2 aromatic carbocycles. The van der Waals surface area contributed by atoms with Gasteiger partial charge in [0.05, 0.1) is 19.4 Å². The Morgan fingerprint density at radius 3 is 2.52 bits per heavy atom. The Morgan fingerprint density at radius 1 is 1.00 bits per heavy atom. The maximum Gasteiger partial charge on any atom is 0.119 e. The molecule has 1 aliphatic rings. The van der Waals surface area contributed by atoms with Crippen molar-refractivity contribution in [1.29, 1.82) is 0 Å². The van der Waals surface area contributed by atoms with Crippen LogP contribution in [0.25, 0.3) is 0 Å². The standard InChI is InChI=1S/C17H18N2OS/c1-2-4-15(5-3-1)12-20-17-8-6-16(7-9-17)13-21-19-11-10-18-14-19/h1-9,14H,10-13H2. The molecule has 1 aliphatic heterocycles. The van der Waals surface area contributed by atoms with Crippen LogP contribution in [0.15, 0.2) is 59.6 Å². The Morgan fingerprint density at radius 2 is 1.81 bits per heavy atom. The molecule has 108 valence electrons. The summed E-state index contributed by atoms with van der Waals surface area (Å²) in [5, 5.41) is 0. The fraction of sp³-hybridized carbons (Fsp3) is 0.235. The molecule has 4 heteroatoms. The van der Waals surface area contributed by atoms with E-state index in [1.54, 1.807) is 11.9 Å². The summed E-state index contributed by atoms with van der Waals surface area (Å²) in [7, 11) is 0. The molecule has 3 nitrogen and oxygen atoms in total. The first-order valence-electron chi connectivity index (χ1n) is 7.05. The molecular formula is C17H18N2OS. The van der Waals surface area contributed by atoms with Crippen LogP contribution in [0.3, 0.4) is 0 Å². The van der Waals surface area contributed by atoms with Crippen LogP contribution in [0.4, 0.5) is 0 Å². The van der Waals surface area contributed by atoms with Gasteiger partial charge in [0.25, 0.3) is 0 Å². The van der Waals surface area contributed by atoms with Gasteiger partial charge in [0.1, 0.15) is 12.4 Å². The molecule has 3 rings (SSSR count). The van der Waals surface area contributed by atoms with Crippen LogP contribution in [0.1, 0.15) is 11.1 Å². The van der Waals surface area contributed by atoms with Gasteiger partial charge in [-0.1, -0.05) is 42.5 Å². The molecule has 0 atom stereocenters. The number of aliphatic imine (C=N–C) groups is 1. The zero-order valence-corrected chi connectivity index (χ0v) is 12.6. The average Bonchev–Trinajstić information content (AvgIpc) is 3.06. The molecule has 1 heterocycles. The summed E-state index contributed by atoms with van der Waals surface area (Å²) in [5.74, 6) is 1.88. The quantitative estimate of drug-likeness (QED) is 0.759. The fourth-order valence-electron chi connectivity index (χ4n) is 2.04. The smallest absolute Gasteiger partial charge is 0.119 e. The minimum absolute atomic E-state index is 0.610. The van der Waals surface area contributed by atoms with E-state index < -0.39 is 0 Å². The summed E-state index contributed by atoms with van der Waals surface area (Å²) in [6.45, 7) is 2.54. The fourth-order valence-corrected chi connectivity index (χ4v) is 2.89. The summed E-state index contributed by atoms with van der Waals surface area (Å²) in [5.41, 5.74) is 2.48. The van der Waals surface area contributed by atoms with Gasteiger partial charge < -0.3 is 9.04 Å². The molecule has 0 saturated heterocycles. The van der Waals surface area contributed by atoms with Gasteiger partial charge in [0.15, 0.2) is 0 Å². The van der Waals surface area contributed by atoms with Crippen molar-refractivity contribution in [2.75, 3.05) is 13.1 Å². The summed E-state index contributed by atoms with van der Waals surface area (Å²) in [6.07, 6.45) is 1.92. The van der Waals surface area contributed by atoms with Crippen molar-refractivity contribution >= 4 is 18.3 Å². The van der Waals surface area contributed by atoms with Gasteiger partial charge in [0.2, 0.25) is 0 Å². The third-order valence-corrected chi connectivity index (χ3v) is 4.30. The molecule has 0 unspecified atom stereocenters. The van der Waals surface area contributed by atoms with Gasteiger partial charge in [-0.05, 0) is 35.2 Å². The summed E-state index contributed by atoms with van der Waals surface area (Å²) >= 11 is 1.80.